The molecule has 0 bridgehead atoms. The molecule has 1 fully saturated rings. The standard InChI is InChI=1S/C16H18N2O3/c1-21-15(19)12-14-16(20)18(11-9-17-14)10-5-8-13-6-3-2-4-7-13/h2-4,6-7,14,17H,9-12H2,1H3/t14-/m1/s1. The summed E-state index contributed by atoms with van der Waals surface area (Å²) in [4.78, 5) is 25.1. The summed E-state index contributed by atoms with van der Waals surface area (Å²) < 4.78 is 4.60. The molecule has 1 heterocycles. The highest BCUT2D eigenvalue weighted by Gasteiger charge is 2.29. The van der Waals surface area contributed by atoms with Gasteiger partial charge in [-0.15, -0.1) is 0 Å². The smallest absolute Gasteiger partial charge is 0.307 e. The first kappa shape index (κ1) is 15.1. The van der Waals surface area contributed by atoms with Gasteiger partial charge in [0.05, 0.1) is 26.1 Å². The van der Waals surface area contributed by atoms with Gasteiger partial charge in [-0.05, 0) is 12.1 Å². The molecule has 21 heavy (non-hydrogen) atoms. The van der Waals surface area contributed by atoms with Crippen LogP contribution in [0.15, 0.2) is 30.3 Å². The minimum Gasteiger partial charge on any atom is -0.469 e. The second kappa shape index (κ2) is 7.46. The number of piperazine rings is 1. The zero-order chi connectivity index (χ0) is 15.1. The Morgan fingerprint density at radius 1 is 1.43 bits per heavy atom. The zero-order valence-corrected chi connectivity index (χ0v) is 12.0. The Bertz CT molecular complexity index is 560. The molecule has 1 aromatic rings. The van der Waals surface area contributed by atoms with Gasteiger partial charge in [-0.25, -0.2) is 0 Å². The molecule has 1 N–H and O–H groups in total. The summed E-state index contributed by atoms with van der Waals surface area (Å²) in [5.74, 6) is 5.53. The van der Waals surface area contributed by atoms with Crippen molar-refractivity contribution in [2.24, 2.45) is 0 Å². The van der Waals surface area contributed by atoms with Crippen LogP contribution in [0.3, 0.4) is 0 Å². The molecule has 1 amide bonds. The summed E-state index contributed by atoms with van der Waals surface area (Å²) >= 11 is 0. The molecule has 0 aliphatic carbocycles. The second-order valence-electron chi connectivity index (χ2n) is 4.71. The number of esters is 1. The lowest BCUT2D eigenvalue weighted by Gasteiger charge is -2.31. The number of carbonyl (C=O) groups is 2. The molecule has 5 heteroatoms. The number of hydrogen-bond acceptors (Lipinski definition) is 4. The second-order valence-corrected chi connectivity index (χ2v) is 4.71. The minimum absolute atomic E-state index is 0.0535. The molecule has 5 nitrogen and oxygen atoms in total. The quantitative estimate of drug-likeness (QED) is 0.645. The maximum Gasteiger partial charge on any atom is 0.307 e. The molecule has 1 atom stereocenters. The van der Waals surface area contributed by atoms with Gasteiger partial charge >= 0.3 is 5.97 Å². The Balaban J connectivity index is 1.93. The van der Waals surface area contributed by atoms with Gasteiger partial charge in [0.1, 0.15) is 0 Å². The van der Waals surface area contributed by atoms with Crippen LogP contribution in [0.4, 0.5) is 0 Å². The van der Waals surface area contributed by atoms with E-state index in [1.807, 2.05) is 30.3 Å². The van der Waals surface area contributed by atoms with Gasteiger partial charge in [-0.1, -0.05) is 30.0 Å². The molecule has 0 spiro atoms. The van der Waals surface area contributed by atoms with Crippen LogP contribution in [0.2, 0.25) is 0 Å². The molecule has 110 valence electrons. The number of methoxy groups -OCH3 is 1. The van der Waals surface area contributed by atoms with E-state index in [4.69, 9.17) is 0 Å². The van der Waals surface area contributed by atoms with Gasteiger partial charge in [0.2, 0.25) is 5.91 Å². The highest BCUT2D eigenvalue weighted by molar-refractivity contribution is 5.87. The third-order valence-corrected chi connectivity index (χ3v) is 3.26. The van der Waals surface area contributed by atoms with E-state index >= 15 is 0 Å². The van der Waals surface area contributed by atoms with E-state index in [-0.39, 0.29) is 12.3 Å². The molecule has 0 unspecified atom stereocenters. The fourth-order valence-electron chi connectivity index (χ4n) is 2.12. The Morgan fingerprint density at radius 2 is 2.19 bits per heavy atom. The van der Waals surface area contributed by atoms with Crippen molar-refractivity contribution >= 4 is 11.9 Å². The summed E-state index contributed by atoms with van der Waals surface area (Å²) in [7, 11) is 1.32. The normalized spacial score (nSPS) is 17.9. The van der Waals surface area contributed by atoms with Crippen LogP contribution in [0.1, 0.15) is 12.0 Å². The summed E-state index contributed by atoms with van der Waals surface area (Å²) in [5.41, 5.74) is 0.922. The van der Waals surface area contributed by atoms with E-state index < -0.39 is 12.0 Å². The number of rotatable bonds is 3. The summed E-state index contributed by atoms with van der Waals surface area (Å²) in [5, 5.41) is 3.03. The minimum atomic E-state index is -0.510. The van der Waals surface area contributed by atoms with Crippen molar-refractivity contribution in [3.8, 4) is 11.8 Å². The van der Waals surface area contributed by atoms with Crippen molar-refractivity contribution in [2.45, 2.75) is 12.5 Å². The summed E-state index contributed by atoms with van der Waals surface area (Å²) in [6, 6.07) is 9.12. The van der Waals surface area contributed by atoms with Crippen LogP contribution in [0.5, 0.6) is 0 Å². The maximum atomic E-state index is 12.2. The van der Waals surface area contributed by atoms with E-state index in [2.05, 4.69) is 21.9 Å². The first-order chi connectivity index (χ1) is 10.2. The Morgan fingerprint density at radius 3 is 2.90 bits per heavy atom. The van der Waals surface area contributed by atoms with E-state index in [1.165, 1.54) is 7.11 Å². The van der Waals surface area contributed by atoms with Gasteiger partial charge in [-0.2, -0.15) is 0 Å². The average Bonchev–Trinajstić information content (AvgIpc) is 2.52. The first-order valence-electron chi connectivity index (χ1n) is 6.83. The molecule has 1 aromatic carbocycles. The SMILES string of the molecule is COC(=O)C[C@H]1NCCN(CC#Cc2ccccc2)C1=O. The number of nitrogens with one attached hydrogen (secondary N) is 1. The highest BCUT2D eigenvalue weighted by Crippen LogP contribution is 2.05. The molecule has 0 saturated carbocycles. The Kier molecular flexibility index (Phi) is 5.35. The molecule has 2 rings (SSSR count). The molecule has 0 radical (unpaired) electrons. The molecule has 1 aliphatic heterocycles. The predicted octanol–water partition coefficient (Wildman–Crippen LogP) is 0.402. The Labute approximate surface area is 124 Å². The van der Waals surface area contributed by atoms with E-state index in [9.17, 15) is 9.59 Å². The number of ether oxygens (including phenoxy) is 1. The largest absolute Gasteiger partial charge is 0.469 e. The van der Waals surface area contributed by atoms with Crippen molar-refractivity contribution in [1.82, 2.24) is 10.2 Å². The van der Waals surface area contributed by atoms with Crippen molar-refractivity contribution in [3.05, 3.63) is 35.9 Å². The first-order valence-corrected chi connectivity index (χ1v) is 6.83. The van der Waals surface area contributed by atoms with Crippen LogP contribution in [-0.4, -0.2) is 49.6 Å². The van der Waals surface area contributed by atoms with Crippen molar-refractivity contribution in [2.75, 3.05) is 26.7 Å². The third kappa shape index (κ3) is 4.33. The number of benzene rings is 1. The van der Waals surface area contributed by atoms with Crippen molar-refractivity contribution < 1.29 is 14.3 Å². The van der Waals surface area contributed by atoms with Crippen LogP contribution in [0.25, 0.3) is 0 Å². The highest BCUT2D eigenvalue weighted by atomic mass is 16.5. The van der Waals surface area contributed by atoms with Gasteiger partial charge in [0, 0.05) is 18.7 Å². The third-order valence-electron chi connectivity index (χ3n) is 3.26. The number of nitrogens with zero attached hydrogens (tertiary/aromatic N) is 1. The molecule has 1 saturated heterocycles. The lowest BCUT2D eigenvalue weighted by molar-refractivity contribution is -0.146. The van der Waals surface area contributed by atoms with Crippen molar-refractivity contribution in [1.29, 1.82) is 0 Å². The fourth-order valence-corrected chi connectivity index (χ4v) is 2.12. The average molecular weight is 286 g/mol. The molecular weight excluding hydrogens is 268 g/mol. The number of amides is 1. The summed E-state index contributed by atoms with van der Waals surface area (Å²) in [6.45, 7) is 1.62. The Hall–Kier alpha value is -2.32. The number of carbonyl (C=O) groups excluding carboxylic acids is 2. The van der Waals surface area contributed by atoms with E-state index in [0.717, 1.165) is 5.56 Å². The monoisotopic (exact) mass is 286 g/mol. The lowest BCUT2D eigenvalue weighted by atomic mass is 10.1. The van der Waals surface area contributed by atoms with Gasteiger partial charge in [-0.3, -0.25) is 9.59 Å². The number of hydrogen-bond donors (Lipinski definition) is 1. The van der Waals surface area contributed by atoms with Crippen LogP contribution in [-0.2, 0) is 14.3 Å². The van der Waals surface area contributed by atoms with E-state index in [1.54, 1.807) is 4.90 Å². The van der Waals surface area contributed by atoms with Crippen LogP contribution >= 0.6 is 0 Å². The summed E-state index contributed by atoms with van der Waals surface area (Å²) in [6.07, 6.45) is 0.0535. The molecule has 0 aromatic heterocycles. The van der Waals surface area contributed by atoms with Gasteiger partial charge in [0.15, 0.2) is 0 Å². The van der Waals surface area contributed by atoms with Gasteiger partial charge in [0.25, 0.3) is 0 Å². The van der Waals surface area contributed by atoms with Crippen molar-refractivity contribution in [3.63, 3.8) is 0 Å². The molecular formula is C16H18N2O3. The maximum absolute atomic E-state index is 12.2. The molecule has 1 aliphatic rings. The van der Waals surface area contributed by atoms with Crippen LogP contribution < -0.4 is 5.32 Å². The van der Waals surface area contributed by atoms with Gasteiger partial charge < -0.3 is 15.0 Å². The fraction of sp³-hybridized carbons (Fsp3) is 0.375. The zero-order valence-electron chi connectivity index (χ0n) is 12.0. The lowest BCUT2D eigenvalue weighted by Crippen LogP contribution is -2.55. The van der Waals surface area contributed by atoms with E-state index in [0.29, 0.717) is 19.6 Å². The van der Waals surface area contributed by atoms with Crippen LogP contribution in [0, 0.1) is 11.8 Å². The predicted molar refractivity (Wildman–Crippen MR) is 78.3 cm³/mol. The topological polar surface area (TPSA) is 58.6 Å².